The Morgan fingerprint density at radius 2 is 1.93 bits per heavy atom. The molecule has 2 heterocycles. The zero-order chi connectivity index (χ0) is 10.1. The molecule has 0 aliphatic rings. The fourth-order valence-corrected chi connectivity index (χ4v) is 1.24. The van der Waals surface area contributed by atoms with Gasteiger partial charge in [0.15, 0.2) is 11.2 Å². The predicted molar refractivity (Wildman–Crippen MR) is 52.0 cm³/mol. The van der Waals surface area contributed by atoms with Crippen LogP contribution in [-0.2, 0) is 0 Å². The summed E-state index contributed by atoms with van der Waals surface area (Å²) in [6.07, 6.45) is 4.52. The lowest BCUT2D eigenvalue weighted by Gasteiger charge is -2.08. The van der Waals surface area contributed by atoms with E-state index in [1.165, 1.54) is 23.3 Å². The van der Waals surface area contributed by atoms with E-state index in [4.69, 9.17) is 0 Å². The molecule has 0 aromatic carbocycles. The summed E-state index contributed by atoms with van der Waals surface area (Å²) < 4.78 is 1.54. The molecule has 2 rings (SSSR count). The summed E-state index contributed by atoms with van der Waals surface area (Å²) in [6, 6.07) is 0.0846. The van der Waals surface area contributed by atoms with Crippen molar-refractivity contribution < 1.29 is 0 Å². The lowest BCUT2D eigenvalue weighted by molar-refractivity contribution is 0.572. The molecule has 0 saturated carbocycles. The summed E-state index contributed by atoms with van der Waals surface area (Å²) in [5, 5.41) is 0. The second-order valence-electron chi connectivity index (χ2n) is 3.28. The highest BCUT2D eigenvalue weighted by molar-refractivity contribution is 5.66. The van der Waals surface area contributed by atoms with Gasteiger partial charge in [-0.3, -0.25) is 9.36 Å². The third-order valence-corrected chi connectivity index (χ3v) is 1.98. The van der Waals surface area contributed by atoms with Gasteiger partial charge in [0.05, 0.1) is 0 Å². The van der Waals surface area contributed by atoms with Crippen LogP contribution in [0.5, 0.6) is 0 Å². The molecule has 0 saturated heterocycles. The van der Waals surface area contributed by atoms with Crippen molar-refractivity contribution in [2.24, 2.45) is 0 Å². The van der Waals surface area contributed by atoms with Gasteiger partial charge in [0, 0.05) is 18.4 Å². The van der Waals surface area contributed by atoms with Crippen LogP contribution in [0, 0.1) is 0 Å². The summed E-state index contributed by atoms with van der Waals surface area (Å²) in [6.45, 7) is 3.84. The van der Waals surface area contributed by atoms with E-state index in [0.29, 0.717) is 11.2 Å². The van der Waals surface area contributed by atoms with E-state index in [1.54, 1.807) is 0 Å². The standard InChI is InChI=1S/C9H10N4O/c1-6(2)13-5-12-8-7(9(13)14)10-3-4-11-8/h3-6H,1-2H3. The molecular formula is C9H10N4O. The van der Waals surface area contributed by atoms with Crippen molar-refractivity contribution in [3.05, 3.63) is 29.1 Å². The van der Waals surface area contributed by atoms with Crippen LogP contribution in [0.4, 0.5) is 0 Å². The van der Waals surface area contributed by atoms with E-state index in [9.17, 15) is 4.79 Å². The minimum Gasteiger partial charge on any atom is -0.295 e. The lowest BCUT2D eigenvalue weighted by atomic mass is 10.4. The van der Waals surface area contributed by atoms with Gasteiger partial charge in [-0.05, 0) is 13.8 Å². The van der Waals surface area contributed by atoms with Gasteiger partial charge in [0.25, 0.3) is 5.56 Å². The van der Waals surface area contributed by atoms with E-state index >= 15 is 0 Å². The van der Waals surface area contributed by atoms with E-state index in [1.807, 2.05) is 13.8 Å². The number of hydrogen-bond donors (Lipinski definition) is 0. The Hall–Kier alpha value is -1.78. The van der Waals surface area contributed by atoms with E-state index in [2.05, 4.69) is 15.0 Å². The van der Waals surface area contributed by atoms with Gasteiger partial charge >= 0.3 is 0 Å². The Bertz CT molecular complexity index is 517. The van der Waals surface area contributed by atoms with Crippen LogP contribution in [-0.4, -0.2) is 19.5 Å². The molecule has 0 spiro atoms. The summed E-state index contributed by atoms with van der Waals surface area (Å²) in [5.74, 6) is 0. The first-order valence-electron chi connectivity index (χ1n) is 4.38. The highest BCUT2D eigenvalue weighted by Gasteiger charge is 2.07. The first-order valence-corrected chi connectivity index (χ1v) is 4.38. The smallest absolute Gasteiger partial charge is 0.281 e. The quantitative estimate of drug-likeness (QED) is 0.666. The van der Waals surface area contributed by atoms with Gasteiger partial charge in [-0.25, -0.2) is 15.0 Å². The molecule has 5 heteroatoms. The molecule has 2 aromatic rings. The molecule has 0 N–H and O–H groups in total. The monoisotopic (exact) mass is 190 g/mol. The van der Waals surface area contributed by atoms with Crippen LogP contribution in [0.15, 0.2) is 23.5 Å². The van der Waals surface area contributed by atoms with Gasteiger partial charge in [-0.15, -0.1) is 0 Å². The van der Waals surface area contributed by atoms with E-state index < -0.39 is 0 Å². The van der Waals surface area contributed by atoms with Crippen molar-refractivity contribution in [1.82, 2.24) is 19.5 Å². The average molecular weight is 190 g/mol. The number of hydrogen-bond acceptors (Lipinski definition) is 4. The highest BCUT2D eigenvalue weighted by atomic mass is 16.1. The van der Waals surface area contributed by atoms with Crippen LogP contribution in [0.25, 0.3) is 11.2 Å². The maximum absolute atomic E-state index is 11.8. The molecule has 14 heavy (non-hydrogen) atoms. The van der Waals surface area contributed by atoms with Gasteiger partial charge in [-0.2, -0.15) is 0 Å². The fourth-order valence-electron chi connectivity index (χ4n) is 1.24. The predicted octanol–water partition coefficient (Wildman–Crippen LogP) is 0.767. The first-order chi connectivity index (χ1) is 6.70. The Morgan fingerprint density at radius 1 is 1.21 bits per heavy atom. The molecule has 0 aliphatic heterocycles. The number of fused-ring (bicyclic) bond motifs is 1. The third-order valence-electron chi connectivity index (χ3n) is 1.98. The third kappa shape index (κ3) is 1.26. The van der Waals surface area contributed by atoms with Crippen LogP contribution < -0.4 is 5.56 Å². The zero-order valence-corrected chi connectivity index (χ0v) is 8.01. The Morgan fingerprint density at radius 3 is 2.64 bits per heavy atom. The molecule has 2 aromatic heterocycles. The Kier molecular flexibility index (Phi) is 1.99. The van der Waals surface area contributed by atoms with Crippen molar-refractivity contribution in [3.63, 3.8) is 0 Å². The maximum Gasteiger partial charge on any atom is 0.281 e. The molecule has 0 atom stereocenters. The number of aromatic nitrogens is 4. The van der Waals surface area contributed by atoms with Crippen LogP contribution >= 0.6 is 0 Å². The first kappa shape index (κ1) is 8.80. The van der Waals surface area contributed by atoms with Crippen LogP contribution in [0.3, 0.4) is 0 Å². The molecule has 0 radical (unpaired) electrons. The minimum atomic E-state index is -0.141. The lowest BCUT2D eigenvalue weighted by Crippen LogP contribution is -2.23. The minimum absolute atomic E-state index is 0.0846. The molecule has 0 amide bonds. The number of nitrogens with zero attached hydrogens (tertiary/aromatic N) is 4. The molecule has 0 aliphatic carbocycles. The van der Waals surface area contributed by atoms with Crippen molar-refractivity contribution in [2.75, 3.05) is 0 Å². The SMILES string of the molecule is CC(C)n1cnc2nccnc2c1=O. The molecule has 0 fully saturated rings. The van der Waals surface area contributed by atoms with Crippen molar-refractivity contribution in [3.8, 4) is 0 Å². The van der Waals surface area contributed by atoms with Crippen molar-refractivity contribution in [1.29, 1.82) is 0 Å². The zero-order valence-electron chi connectivity index (χ0n) is 8.01. The summed E-state index contributed by atoms with van der Waals surface area (Å²) >= 11 is 0. The normalized spacial score (nSPS) is 11.1. The Labute approximate surface area is 80.5 Å². The van der Waals surface area contributed by atoms with Crippen molar-refractivity contribution in [2.45, 2.75) is 19.9 Å². The maximum atomic E-state index is 11.8. The fraction of sp³-hybridized carbons (Fsp3) is 0.333. The summed E-state index contributed by atoms with van der Waals surface area (Å²) in [4.78, 5) is 23.8. The van der Waals surface area contributed by atoms with Crippen LogP contribution in [0.2, 0.25) is 0 Å². The van der Waals surface area contributed by atoms with Crippen LogP contribution in [0.1, 0.15) is 19.9 Å². The topological polar surface area (TPSA) is 60.7 Å². The summed E-state index contributed by atoms with van der Waals surface area (Å²) in [5.41, 5.74) is 0.580. The largest absolute Gasteiger partial charge is 0.295 e. The molecule has 72 valence electrons. The number of rotatable bonds is 1. The second-order valence-corrected chi connectivity index (χ2v) is 3.28. The molecular weight excluding hydrogens is 180 g/mol. The van der Waals surface area contributed by atoms with E-state index in [-0.39, 0.29) is 11.6 Å². The highest BCUT2D eigenvalue weighted by Crippen LogP contribution is 2.02. The Balaban J connectivity index is 2.82. The summed E-state index contributed by atoms with van der Waals surface area (Å²) in [7, 11) is 0. The molecule has 5 nitrogen and oxygen atoms in total. The van der Waals surface area contributed by atoms with Gasteiger partial charge < -0.3 is 0 Å². The van der Waals surface area contributed by atoms with Crippen molar-refractivity contribution >= 4 is 11.2 Å². The second kappa shape index (κ2) is 3.17. The van der Waals surface area contributed by atoms with Gasteiger partial charge in [-0.1, -0.05) is 0 Å². The van der Waals surface area contributed by atoms with E-state index in [0.717, 1.165) is 0 Å². The van der Waals surface area contributed by atoms with Gasteiger partial charge in [0.2, 0.25) is 0 Å². The molecule has 0 bridgehead atoms. The molecule has 0 unspecified atom stereocenters. The van der Waals surface area contributed by atoms with Gasteiger partial charge in [0.1, 0.15) is 6.33 Å². The average Bonchev–Trinajstić information content (AvgIpc) is 2.18.